The van der Waals surface area contributed by atoms with Gasteiger partial charge in [0.2, 0.25) is 11.6 Å². The quantitative estimate of drug-likeness (QED) is 0.666. The summed E-state index contributed by atoms with van der Waals surface area (Å²) in [6.45, 7) is 0. The maximum Gasteiger partial charge on any atom is 0.230 e. The van der Waals surface area contributed by atoms with E-state index < -0.39 is 17.5 Å². The highest BCUT2D eigenvalue weighted by Crippen LogP contribution is 2.36. The van der Waals surface area contributed by atoms with Gasteiger partial charge in [0.15, 0.2) is 0 Å². The van der Waals surface area contributed by atoms with Crippen LogP contribution < -0.4 is 0 Å². The van der Waals surface area contributed by atoms with Gasteiger partial charge < -0.3 is 0 Å². The number of carbonyl (C=O) groups is 2. The van der Waals surface area contributed by atoms with Crippen LogP contribution in [-0.2, 0) is 4.79 Å². The summed E-state index contributed by atoms with van der Waals surface area (Å²) in [4.78, 5) is 23.9. The molecule has 1 atom stereocenters. The van der Waals surface area contributed by atoms with Crippen molar-refractivity contribution >= 4 is 22.3 Å². The average molecular weight is 246 g/mol. The summed E-state index contributed by atoms with van der Waals surface area (Å²) in [6.07, 6.45) is 0. The number of hydrogen-bond donors (Lipinski definition) is 0. The minimum atomic E-state index is -1.18. The third-order valence-electron chi connectivity index (χ3n) is 3.35. The molecule has 4 heteroatoms. The summed E-state index contributed by atoms with van der Waals surface area (Å²) in [6, 6.07) is 12.2. The lowest BCUT2D eigenvalue weighted by atomic mass is 9.78. The number of carbonyl (C=O) groups excluding carboxylic acids is 2. The van der Waals surface area contributed by atoms with E-state index in [1.54, 1.807) is 30.3 Å². The Bertz CT molecular complexity index is 838. The first-order valence-corrected chi connectivity index (χ1v) is 5.63. The van der Waals surface area contributed by atoms with Gasteiger partial charge in [-0.15, -0.1) is 0 Å². The largest absolute Gasteiger partial charge is 0.289 e. The van der Waals surface area contributed by atoms with Gasteiger partial charge in [0.1, 0.15) is 5.92 Å². The van der Waals surface area contributed by atoms with E-state index >= 15 is 0 Å². The van der Waals surface area contributed by atoms with Crippen LogP contribution in [0.25, 0.3) is 10.8 Å². The molecule has 0 N–H and O–H groups in total. The molecule has 0 amide bonds. The molecule has 0 heterocycles. The van der Waals surface area contributed by atoms with Crippen molar-refractivity contribution in [1.82, 2.24) is 0 Å². The Morgan fingerprint density at radius 3 is 2.53 bits per heavy atom. The molecule has 1 unspecified atom stereocenters. The number of hydrogen-bond acceptors (Lipinski definition) is 4. The van der Waals surface area contributed by atoms with Crippen molar-refractivity contribution in [3.05, 3.63) is 47.0 Å². The first-order valence-electron chi connectivity index (χ1n) is 5.63. The molecule has 0 saturated carbocycles. The molecular formula is C15H6N2O2. The molecule has 4 nitrogen and oxygen atoms in total. The summed E-state index contributed by atoms with van der Waals surface area (Å²) in [7, 11) is 0. The van der Waals surface area contributed by atoms with Crippen molar-refractivity contribution in [3.8, 4) is 12.1 Å². The SMILES string of the molecule is N#Cc1ccc2cccc3c2c1C(C#N)C(=O)C3=O. The highest BCUT2D eigenvalue weighted by atomic mass is 16.2. The van der Waals surface area contributed by atoms with Crippen LogP contribution in [0.15, 0.2) is 30.3 Å². The van der Waals surface area contributed by atoms with E-state index in [0.29, 0.717) is 10.9 Å². The van der Waals surface area contributed by atoms with E-state index in [-0.39, 0.29) is 11.1 Å². The maximum atomic E-state index is 12.0. The van der Waals surface area contributed by atoms with Crippen molar-refractivity contribution < 1.29 is 9.59 Å². The van der Waals surface area contributed by atoms with E-state index in [4.69, 9.17) is 10.5 Å². The van der Waals surface area contributed by atoms with Gasteiger partial charge in [-0.05, 0) is 16.8 Å². The number of nitriles is 2. The molecular weight excluding hydrogens is 240 g/mol. The maximum absolute atomic E-state index is 12.0. The Morgan fingerprint density at radius 2 is 1.84 bits per heavy atom. The normalized spacial score (nSPS) is 17.1. The van der Waals surface area contributed by atoms with Crippen LogP contribution in [0.1, 0.15) is 27.4 Å². The zero-order chi connectivity index (χ0) is 13.6. The van der Waals surface area contributed by atoms with Gasteiger partial charge in [-0.2, -0.15) is 10.5 Å². The highest BCUT2D eigenvalue weighted by Gasteiger charge is 2.37. The minimum absolute atomic E-state index is 0.271. The summed E-state index contributed by atoms with van der Waals surface area (Å²) in [5.74, 6) is -2.59. The molecule has 0 radical (unpaired) electrons. The second-order valence-corrected chi connectivity index (χ2v) is 4.30. The molecule has 0 bridgehead atoms. The fourth-order valence-corrected chi connectivity index (χ4v) is 2.51. The zero-order valence-corrected chi connectivity index (χ0v) is 9.68. The number of benzene rings is 2. The van der Waals surface area contributed by atoms with Crippen molar-refractivity contribution in [3.63, 3.8) is 0 Å². The fourth-order valence-electron chi connectivity index (χ4n) is 2.51. The van der Waals surface area contributed by atoms with Gasteiger partial charge in [-0.3, -0.25) is 9.59 Å². The molecule has 2 aromatic rings. The molecule has 2 aromatic carbocycles. The second kappa shape index (κ2) is 3.76. The fraction of sp³-hybridized carbons (Fsp3) is 0.0667. The van der Waals surface area contributed by atoms with Gasteiger partial charge in [0.25, 0.3) is 0 Å². The molecule has 3 rings (SSSR count). The Balaban J connectivity index is 2.58. The number of rotatable bonds is 0. The van der Waals surface area contributed by atoms with Gasteiger partial charge in [-0.1, -0.05) is 24.3 Å². The van der Waals surface area contributed by atoms with Gasteiger partial charge >= 0.3 is 0 Å². The van der Waals surface area contributed by atoms with E-state index in [2.05, 4.69) is 0 Å². The van der Waals surface area contributed by atoms with Crippen LogP contribution in [-0.4, -0.2) is 11.6 Å². The van der Waals surface area contributed by atoms with Crippen LogP contribution in [0.2, 0.25) is 0 Å². The molecule has 1 aliphatic carbocycles. The van der Waals surface area contributed by atoms with Crippen LogP contribution in [0.4, 0.5) is 0 Å². The molecule has 19 heavy (non-hydrogen) atoms. The third-order valence-corrected chi connectivity index (χ3v) is 3.35. The van der Waals surface area contributed by atoms with E-state index in [1.807, 2.05) is 12.1 Å². The number of nitrogens with zero attached hydrogens (tertiary/aromatic N) is 2. The lowest BCUT2D eigenvalue weighted by Gasteiger charge is -2.20. The monoisotopic (exact) mass is 246 g/mol. The molecule has 0 saturated heterocycles. The standard InChI is InChI=1S/C15H6N2O2/c16-6-9-5-4-8-2-1-3-10-12(8)13(9)11(7-17)15(19)14(10)18/h1-5,11H. The first-order chi connectivity index (χ1) is 9.19. The van der Waals surface area contributed by atoms with Crippen molar-refractivity contribution in [2.45, 2.75) is 5.92 Å². The Kier molecular flexibility index (Phi) is 2.20. The van der Waals surface area contributed by atoms with Crippen LogP contribution >= 0.6 is 0 Å². The lowest BCUT2D eigenvalue weighted by molar-refractivity contribution is -0.115. The van der Waals surface area contributed by atoms with E-state index in [1.165, 1.54) is 0 Å². The van der Waals surface area contributed by atoms with Crippen molar-refractivity contribution in [2.75, 3.05) is 0 Å². The summed E-state index contributed by atoms with van der Waals surface area (Å²) in [5, 5.41) is 19.6. The number of ketones is 2. The Morgan fingerprint density at radius 1 is 1.05 bits per heavy atom. The topological polar surface area (TPSA) is 81.7 Å². The number of Topliss-reactive ketones (excluding diaryl/α,β-unsaturated/α-hetero) is 2. The van der Waals surface area contributed by atoms with E-state index in [0.717, 1.165) is 5.39 Å². The summed E-state index contributed by atoms with van der Waals surface area (Å²) >= 11 is 0. The molecule has 1 aliphatic rings. The zero-order valence-electron chi connectivity index (χ0n) is 9.68. The predicted molar refractivity (Wildman–Crippen MR) is 66.4 cm³/mol. The molecule has 0 aromatic heterocycles. The minimum Gasteiger partial charge on any atom is -0.289 e. The van der Waals surface area contributed by atoms with Crippen LogP contribution in [0.3, 0.4) is 0 Å². The van der Waals surface area contributed by atoms with Gasteiger partial charge in [-0.25, -0.2) is 0 Å². The Hall–Kier alpha value is -2.98. The molecule has 88 valence electrons. The van der Waals surface area contributed by atoms with E-state index in [9.17, 15) is 9.59 Å². The summed E-state index contributed by atoms with van der Waals surface area (Å²) < 4.78 is 0. The van der Waals surface area contributed by atoms with Crippen molar-refractivity contribution in [1.29, 1.82) is 10.5 Å². The first kappa shape index (κ1) is 11.1. The van der Waals surface area contributed by atoms with Gasteiger partial charge in [0.05, 0.1) is 17.7 Å². The molecule has 0 spiro atoms. The summed E-state index contributed by atoms with van der Waals surface area (Å²) in [5.41, 5.74) is 0.913. The second-order valence-electron chi connectivity index (χ2n) is 4.30. The molecule has 0 fully saturated rings. The van der Waals surface area contributed by atoms with Crippen LogP contribution in [0, 0.1) is 22.7 Å². The smallest absolute Gasteiger partial charge is 0.230 e. The van der Waals surface area contributed by atoms with Crippen molar-refractivity contribution in [2.24, 2.45) is 0 Å². The average Bonchev–Trinajstić information content (AvgIpc) is 2.45. The van der Waals surface area contributed by atoms with Gasteiger partial charge in [0, 0.05) is 11.1 Å². The van der Waals surface area contributed by atoms with Crippen LogP contribution in [0.5, 0.6) is 0 Å². The lowest BCUT2D eigenvalue weighted by Crippen LogP contribution is -2.27. The predicted octanol–water partition coefficient (Wildman–Crippen LogP) is 2.08. The highest BCUT2D eigenvalue weighted by molar-refractivity contribution is 6.50. The third kappa shape index (κ3) is 1.31. The Labute approximate surface area is 108 Å². The molecule has 0 aliphatic heterocycles.